The van der Waals surface area contributed by atoms with Crippen molar-refractivity contribution in [2.75, 3.05) is 27.2 Å². The van der Waals surface area contributed by atoms with Crippen LogP contribution in [0.2, 0.25) is 0 Å². The minimum atomic E-state index is -3.44. The van der Waals surface area contributed by atoms with Gasteiger partial charge in [-0.25, -0.2) is 4.72 Å². The van der Waals surface area contributed by atoms with Gasteiger partial charge in [0.25, 0.3) is 16.1 Å². The molecule has 0 aliphatic rings. The third-order valence-electron chi connectivity index (χ3n) is 2.57. The van der Waals surface area contributed by atoms with Gasteiger partial charge in [-0.3, -0.25) is 4.79 Å². The predicted octanol–water partition coefficient (Wildman–Crippen LogP) is 0.121. The van der Waals surface area contributed by atoms with Crippen LogP contribution in [0.15, 0.2) is 24.3 Å². The Morgan fingerprint density at radius 3 is 2.42 bits per heavy atom. The summed E-state index contributed by atoms with van der Waals surface area (Å²) in [6, 6.07) is 7.23. The maximum Gasteiger partial charge on any atom is 0.278 e. The van der Waals surface area contributed by atoms with E-state index in [1.807, 2.05) is 19.1 Å². The molecule has 0 saturated carbocycles. The van der Waals surface area contributed by atoms with Crippen molar-refractivity contribution >= 4 is 16.1 Å². The van der Waals surface area contributed by atoms with Gasteiger partial charge in [-0.2, -0.15) is 12.7 Å². The van der Waals surface area contributed by atoms with Crippen molar-refractivity contribution in [3.63, 3.8) is 0 Å². The molecule has 2 N–H and O–H groups in total. The number of amides is 1. The highest BCUT2D eigenvalue weighted by Crippen LogP contribution is 2.05. The topological polar surface area (TPSA) is 78.5 Å². The molecule has 0 spiro atoms. The van der Waals surface area contributed by atoms with Crippen LogP contribution in [0, 0.1) is 6.92 Å². The van der Waals surface area contributed by atoms with Gasteiger partial charge >= 0.3 is 0 Å². The Morgan fingerprint density at radius 2 is 1.84 bits per heavy atom. The molecule has 19 heavy (non-hydrogen) atoms. The van der Waals surface area contributed by atoms with Crippen molar-refractivity contribution in [2.45, 2.75) is 6.92 Å². The quantitative estimate of drug-likeness (QED) is 0.729. The molecule has 0 aliphatic heterocycles. The molecule has 0 aliphatic carbocycles. The van der Waals surface area contributed by atoms with E-state index in [4.69, 9.17) is 0 Å². The monoisotopic (exact) mass is 285 g/mol. The zero-order chi connectivity index (χ0) is 14.5. The second-order valence-electron chi connectivity index (χ2n) is 4.25. The zero-order valence-corrected chi connectivity index (χ0v) is 12.1. The molecule has 106 valence electrons. The number of nitrogens with one attached hydrogen (secondary N) is 2. The molecule has 1 aromatic carbocycles. The summed E-state index contributed by atoms with van der Waals surface area (Å²) in [5.41, 5.74) is 1.48. The number of benzene rings is 1. The first-order valence-corrected chi connectivity index (χ1v) is 7.29. The largest absolute Gasteiger partial charge is 0.351 e. The van der Waals surface area contributed by atoms with Crippen molar-refractivity contribution < 1.29 is 13.2 Å². The van der Waals surface area contributed by atoms with Crippen LogP contribution in [0.25, 0.3) is 0 Å². The predicted molar refractivity (Wildman–Crippen MR) is 74.1 cm³/mol. The van der Waals surface area contributed by atoms with Crippen molar-refractivity contribution in [2.24, 2.45) is 0 Å². The lowest BCUT2D eigenvalue weighted by molar-refractivity contribution is 0.0953. The van der Waals surface area contributed by atoms with Gasteiger partial charge < -0.3 is 5.32 Å². The number of hydrogen-bond donors (Lipinski definition) is 2. The van der Waals surface area contributed by atoms with Crippen LogP contribution < -0.4 is 10.0 Å². The van der Waals surface area contributed by atoms with Crippen LogP contribution in [0.3, 0.4) is 0 Å². The van der Waals surface area contributed by atoms with E-state index in [0.29, 0.717) is 5.56 Å². The summed E-state index contributed by atoms with van der Waals surface area (Å²) in [6.07, 6.45) is 0. The minimum absolute atomic E-state index is 0.151. The molecule has 0 unspecified atom stereocenters. The van der Waals surface area contributed by atoms with E-state index in [1.165, 1.54) is 14.1 Å². The van der Waals surface area contributed by atoms with Gasteiger partial charge in [-0.05, 0) is 18.6 Å². The maximum absolute atomic E-state index is 11.8. The highest BCUT2D eigenvalue weighted by Gasteiger charge is 2.12. The van der Waals surface area contributed by atoms with Gasteiger partial charge in [0.15, 0.2) is 0 Å². The number of hydrogen-bond acceptors (Lipinski definition) is 3. The Morgan fingerprint density at radius 1 is 1.21 bits per heavy atom. The van der Waals surface area contributed by atoms with Crippen molar-refractivity contribution in [3.05, 3.63) is 35.4 Å². The highest BCUT2D eigenvalue weighted by molar-refractivity contribution is 7.87. The molecule has 0 heterocycles. The number of nitrogens with zero attached hydrogens (tertiary/aromatic N) is 1. The standard InChI is InChI=1S/C12H19N3O3S/c1-10-6-4-5-7-11(10)12(16)13-8-9-14-19(17,18)15(2)3/h4-7,14H,8-9H2,1-3H3,(H,13,16). The van der Waals surface area contributed by atoms with Crippen LogP contribution in [-0.4, -0.2) is 45.8 Å². The second kappa shape index (κ2) is 6.65. The minimum Gasteiger partial charge on any atom is -0.351 e. The zero-order valence-electron chi connectivity index (χ0n) is 11.3. The molecule has 0 bridgehead atoms. The van der Waals surface area contributed by atoms with E-state index in [9.17, 15) is 13.2 Å². The molecule has 7 heteroatoms. The molecule has 0 saturated heterocycles. The Kier molecular flexibility index (Phi) is 5.46. The summed E-state index contributed by atoms with van der Waals surface area (Å²) in [4.78, 5) is 11.8. The van der Waals surface area contributed by atoms with E-state index in [2.05, 4.69) is 10.0 Å². The van der Waals surface area contributed by atoms with Gasteiger partial charge in [-0.1, -0.05) is 18.2 Å². The van der Waals surface area contributed by atoms with Crippen LogP contribution in [-0.2, 0) is 10.2 Å². The fourth-order valence-corrected chi connectivity index (χ4v) is 2.03. The molecular weight excluding hydrogens is 266 g/mol. The van der Waals surface area contributed by atoms with Crippen LogP contribution in [0.1, 0.15) is 15.9 Å². The number of rotatable bonds is 6. The fraction of sp³-hybridized carbons (Fsp3) is 0.417. The van der Waals surface area contributed by atoms with Gasteiger partial charge in [0.1, 0.15) is 0 Å². The number of carbonyl (C=O) groups is 1. The first-order valence-electron chi connectivity index (χ1n) is 5.85. The van der Waals surface area contributed by atoms with Crippen molar-refractivity contribution in [3.8, 4) is 0 Å². The molecule has 6 nitrogen and oxygen atoms in total. The average molecular weight is 285 g/mol. The van der Waals surface area contributed by atoms with Gasteiger partial charge in [-0.15, -0.1) is 0 Å². The molecule has 0 radical (unpaired) electrons. The molecule has 0 atom stereocenters. The fourth-order valence-electron chi connectivity index (χ4n) is 1.41. The summed E-state index contributed by atoms with van der Waals surface area (Å²) in [5, 5.41) is 2.67. The van der Waals surface area contributed by atoms with Gasteiger partial charge in [0.05, 0.1) is 0 Å². The first kappa shape index (κ1) is 15.6. The summed E-state index contributed by atoms with van der Waals surface area (Å²) in [5.74, 6) is -0.206. The Hall–Kier alpha value is -1.44. The molecule has 1 amide bonds. The van der Waals surface area contributed by atoms with Crippen LogP contribution in [0.5, 0.6) is 0 Å². The Labute approximate surface area is 114 Å². The normalized spacial score (nSPS) is 11.6. The number of carbonyl (C=O) groups excluding carboxylic acids is 1. The molecule has 0 aromatic heterocycles. The summed E-state index contributed by atoms with van der Waals surface area (Å²) >= 11 is 0. The molecular formula is C12H19N3O3S. The summed E-state index contributed by atoms with van der Waals surface area (Å²) < 4.78 is 26.2. The van der Waals surface area contributed by atoms with E-state index in [-0.39, 0.29) is 19.0 Å². The molecule has 0 fully saturated rings. The lowest BCUT2D eigenvalue weighted by atomic mass is 10.1. The van der Waals surface area contributed by atoms with Gasteiger partial charge in [0.2, 0.25) is 0 Å². The average Bonchev–Trinajstić information content (AvgIpc) is 2.34. The third kappa shape index (κ3) is 4.62. The summed E-state index contributed by atoms with van der Waals surface area (Å²) in [6.45, 7) is 2.24. The van der Waals surface area contributed by atoms with E-state index >= 15 is 0 Å². The molecule has 1 aromatic rings. The lowest BCUT2D eigenvalue weighted by Gasteiger charge is -2.12. The SMILES string of the molecule is Cc1ccccc1C(=O)NCCNS(=O)(=O)N(C)C. The lowest BCUT2D eigenvalue weighted by Crippen LogP contribution is -2.40. The first-order chi connectivity index (χ1) is 8.84. The van der Waals surface area contributed by atoms with Crippen molar-refractivity contribution in [1.29, 1.82) is 0 Å². The van der Waals surface area contributed by atoms with E-state index in [1.54, 1.807) is 12.1 Å². The highest BCUT2D eigenvalue weighted by atomic mass is 32.2. The molecule has 1 rings (SSSR count). The Bertz CT molecular complexity index is 541. The van der Waals surface area contributed by atoms with E-state index < -0.39 is 10.2 Å². The van der Waals surface area contributed by atoms with Gasteiger partial charge in [0, 0.05) is 32.7 Å². The number of aryl methyl sites for hydroxylation is 1. The van der Waals surface area contributed by atoms with Crippen LogP contribution >= 0.6 is 0 Å². The second-order valence-corrected chi connectivity index (χ2v) is 6.22. The van der Waals surface area contributed by atoms with Crippen molar-refractivity contribution in [1.82, 2.24) is 14.3 Å². The smallest absolute Gasteiger partial charge is 0.278 e. The Balaban J connectivity index is 2.43. The van der Waals surface area contributed by atoms with Crippen LogP contribution in [0.4, 0.5) is 0 Å². The van der Waals surface area contributed by atoms with E-state index in [0.717, 1.165) is 9.87 Å². The maximum atomic E-state index is 11.8. The third-order valence-corrected chi connectivity index (χ3v) is 4.10. The summed E-state index contributed by atoms with van der Waals surface area (Å²) in [7, 11) is -0.559.